The summed E-state index contributed by atoms with van der Waals surface area (Å²) in [5, 5.41) is 2.54. The number of carbonyl (C=O) groups is 1. The Labute approximate surface area is 137 Å². The second-order valence-electron chi connectivity index (χ2n) is 6.15. The molecule has 0 saturated carbocycles. The predicted octanol–water partition coefficient (Wildman–Crippen LogP) is 3.98. The molecule has 23 heavy (non-hydrogen) atoms. The number of hydrogen-bond acceptors (Lipinski definition) is 2. The molecule has 1 aliphatic rings. The highest BCUT2D eigenvalue weighted by Gasteiger charge is 2.16. The molecule has 0 spiro atoms. The third kappa shape index (κ3) is 3.62. The molecule has 0 aliphatic carbocycles. The quantitative estimate of drug-likeness (QED) is 0.626. The van der Waals surface area contributed by atoms with Gasteiger partial charge in [0, 0.05) is 12.1 Å². The van der Waals surface area contributed by atoms with Crippen LogP contribution in [0.3, 0.4) is 0 Å². The van der Waals surface area contributed by atoms with Crippen LogP contribution >= 0.6 is 0 Å². The summed E-state index contributed by atoms with van der Waals surface area (Å²) in [5.74, 6) is -0.0299. The Morgan fingerprint density at radius 2 is 1.87 bits per heavy atom. The average molecular weight is 308 g/mol. The molecule has 0 radical (unpaired) electrons. The zero-order valence-corrected chi connectivity index (χ0v) is 13.7. The molecule has 1 heterocycles. The monoisotopic (exact) mass is 308 g/mol. The lowest BCUT2D eigenvalue weighted by Gasteiger charge is -2.10. The van der Waals surface area contributed by atoms with Gasteiger partial charge < -0.3 is 0 Å². The molecule has 3 rings (SSSR count). The van der Waals surface area contributed by atoms with E-state index in [1.165, 1.54) is 42.0 Å². The van der Waals surface area contributed by atoms with Crippen LogP contribution in [0, 0.1) is 0 Å². The SMILES string of the molecule is CCCCCCc1ccc(/C=C2\CNNC2=O)c2ccccc12. The summed E-state index contributed by atoms with van der Waals surface area (Å²) in [6.45, 7) is 2.82. The Bertz CT molecular complexity index is 733. The fraction of sp³-hybridized carbons (Fsp3) is 0.350. The van der Waals surface area contributed by atoms with Crippen LogP contribution in [0.25, 0.3) is 16.8 Å². The summed E-state index contributed by atoms with van der Waals surface area (Å²) in [4.78, 5) is 11.7. The van der Waals surface area contributed by atoms with Gasteiger partial charge in [-0.15, -0.1) is 0 Å². The fourth-order valence-corrected chi connectivity index (χ4v) is 3.16. The molecule has 1 aliphatic heterocycles. The van der Waals surface area contributed by atoms with Crippen LogP contribution in [0.4, 0.5) is 0 Å². The average Bonchev–Trinajstić information content (AvgIpc) is 2.98. The fourth-order valence-electron chi connectivity index (χ4n) is 3.16. The lowest BCUT2D eigenvalue weighted by molar-refractivity contribution is -0.116. The minimum Gasteiger partial charge on any atom is -0.287 e. The number of amides is 1. The van der Waals surface area contributed by atoms with Gasteiger partial charge in [-0.1, -0.05) is 62.6 Å². The van der Waals surface area contributed by atoms with Gasteiger partial charge in [0.2, 0.25) is 0 Å². The number of nitrogens with one attached hydrogen (secondary N) is 2. The van der Waals surface area contributed by atoms with Crippen LogP contribution in [0.2, 0.25) is 0 Å². The minimum atomic E-state index is -0.0299. The van der Waals surface area contributed by atoms with Gasteiger partial charge >= 0.3 is 0 Å². The number of hydrogen-bond donors (Lipinski definition) is 2. The first kappa shape index (κ1) is 15.8. The molecule has 0 bridgehead atoms. The maximum atomic E-state index is 11.7. The summed E-state index contributed by atoms with van der Waals surface area (Å²) in [6.07, 6.45) is 8.23. The van der Waals surface area contributed by atoms with Crippen molar-refractivity contribution in [1.29, 1.82) is 0 Å². The van der Waals surface area contributed by atoms with Crippen LogP contribution in [0.15, 0.2) is 42.0 Å². The van der Waals surface area contributed by atoms with Crippen molar-refractivity contribution in [3.63, 3.8) is 0 Å². The zero-order chi connectivity index (χ0) is 16.1. The second kappa shape index (κ2) is 7.42. The van der Waals surface area contributed by atoms with Crippen LogP contribution in [0.5, 0.6) is 0 Å². The smallest absolute Gasteiger partial charge is 0.262 e. The van der Waals surface area contributed by atoms with Crippen LogP contribution in [-0.2, 0) is 11.2 Å². The molecule has 1 amide bonds. The van der Waals surface area contributed by atoms with Crippen LogP contribution < -0.4 is 10.9 Å². The lowest BCUT2D eigenvalue weighted by atomic mass is 9.95. The molecule has 3 nitrogen and oxygen atoms in total. The number of unbranched alkanes of at least 4 members (excludes halogenated alkanes) is 3. The Morgan fingerprint density at radius 3 is 2.61 bits per heavy atom. The summed E-state index contributed by atoms with van der Waals surface area (Å²) in [7, 11) is 0. The van der Waals surface area contributed by atoms with Crippen molar-refractivity contribution < 1.29 is 4.79 Å². The first-order valence-corrected chi connectivity index (χ1v) is 8.54. The molecule has 1 saturated heterocycles. The topological polar surface area (TPSA) is 41.1 Å². The molecular formula is C20H24N2O. The summed E-state index contributed by atoms with van der Waals surface area (Å²) in [5.41, 5.74) is 8.82. The van der Waals surface area contributed by atoms with E-state index in [2.05, 4.69) is 54.2 Å². The highest BCUT2D eigenvalue weighted by Crippen LogP contribution is 2.26. The van der Waals surface area contributed by atoms with Crippen molar-refractivity contribution in [2.75, 3.05) is 6.54 Å². The number of rotatable bonds is 6. The van der Waals surface area contributed by atoms with Gasteiger partial charge in [0.15, 0.2) is 0 Å². The Morgan fingerprint density at radius 1 is 1.04 bits per heavy atom. The lowest BCUT2D eigenvalue weighted by Crippen LogP contribution is -2.25. The zero-order valence-electron chi connectivity index (χ0n) is 13.7. The molecule has 0 aromatic heterocycles. The van der Waals surface area contributed by atoms with Crippen molar-refractivity contribution in [1.82, 2.24) is 10.9 Å². The van der Waals surface area contributed by atoms with E-state index >= 15 is 0 Å². The van der Waals surface area contributed by atoms with E-state index in [0.29, 0.717) is 6.54 Å². The maximum absolute atomic E-state index is 11.7. The summed E-state index contributed by atoms with van der Waals surface area (Å²) >= 11 is 0. The molecule has 2 aromatic carbocycles. The first-order chi connectivity index (χ1) is 11.3. The van der Waals surface area contributed by atoms with E-state index in [9.17, 15) is 4.79 Å². The number of hydrazine groups is 1. The van der Waals surface area contributed by atoms with E-state index in [-0.39, 0.29) is 5.91 Å². The van der Waals surface area contributed by atoms with Crippen molar-refractivity contribution in [2.45, 2.75) is 39.0 Å². The largest absolute Gasteiger partial charge is 0.287 e. The third-order valence-corrected chi connectivity index (χ3v) is 4.45. The van der Waals surface area contributed by atoms with Crippen molar-refractivity contribution >= 4 is 22.8 Å². The number of benzene rings is 2. The molecular weight excluding hydrogens is 284 g/mol. The molecule has 1 fully saturated rings. The number of fused-ring (bicyclic) bond motifs is 1. The van der Waals surface area contributed by atoms with E-state index < -0.39 is 0 Å². The Balaban J connectivity index is 1.91. The van der Waals surface area contributed by atoms with E-state index in [1.807, 2.05) is 6.08 Å². The van der Waals surface area contributed by atoms with Crippen molar-refractivity contribution in [2.24, 2.45) is 0 Å². The Hall–Kier alpha value is -2.13. The first-order valence-electron chi connectivity index (χ1n) is 8.54. The van der Waals surface area contributed by atoms with Crippen molar-refractivity contribution in [3.8, 4) is 0 Å². The third-order valence-electron chi connectivity index (χ3n) is 4.45. The number of carbonyl (C=O) groups excluding carboxylic acids is 1. The molecule has 120 valence electrons. The van der Waals surface area contributed by atoms with E-state index in [0.717, 1.165) is 17.6 Å². The Kier molecular flexibility index (Phi) is 5.09. The standard InChI is InChI=1S/C20H24N2O/c1-2-3-4-5-8-15-11-12-16(13-17-14-21-22-20(17)23)19-10-7-6-9-18(15)19/h6-7,9-13,21H,2-5,8,14H2,1H3,(H,22,23)/b17-13+. The highest BCUT2D eigenvalue weighted by molar-refractivity contribution is 6.02. The van der Waals surface area contributed by atoms with Gasteiger partial charge in [0.1, 0.15) is 0 Å². The molecule has 3 heteroatoms. The van der Waals surface area contributed by atoms with Crippen LogP contribution in [0.1, 0.15) is 43.7 Å². The molecule has 0 atom stereocenters. The maximum Gasteiger partial charge on any atom is 0.262 e. The predicted molar refractivity (Wildman–Crippen MR) is 95.9 cm³/mol. The van der Waals surface area contributed by atoms with Gasteiger partial charge in [0.05, 0.1) is 0 Å². The van der Waals surface area contributed by atoms with Crippen molar-refractivity contribution in [3.05, 3.63) is 53.1 Å². The molecule has 2 N–H and O–H groups in total. The molecule has 0 unspecified atom stereocenters. The van der Waals surface area contributed by atoms with Gasteiger partial charge in [0.25, 0.3) is 5.91 Å². The summed E-state index contributed by atoms with van der Waals surface area (Å²) < 4.78 is 0. The highest BCUT2D eigenvalue weighted by atomic mass is 16.2. The van der Waals surface area contributed by atoms with Gasteiger partial charge in [-0.25, -0.2) is 5.43 Å². The number of aryl methyl sites for hydroxylation is 1. The summed E-state index contributed by atoms with van der Waals surface area (Å²) in [6, 6.07) is 12.9. The van der Waals surface area contributed by atoms with E-state index in [1.54, 1.807) is 0 Å². The minimum absolute atomic E-state index is 0.0299. The van der Waals surface area contributed by atoms with Gasteiger partial charge in [-0.05, 0) is 40.8 Å². The normalized spacial score (nSPS) is 16.2. The van der Waals surface area contributed by atoms with Crippen LogP contribution in [-0.4, -0.2) is 12.5 Å². The second-order valence-corrected chi connectivity index (χ2v) is 6.15. The van der Waals surface area contributed by atoms with E-state index in [4.69, 9.17) is 0 Å². The van der Waals surface area contributed by atoms with Gasteiger partial charge in [-0.2, -0.15) is 0 Å². The molecule has 2 aromatic rings. The van der Waals surface area contributed by atoms with Gasteiger partial charge in [-0.3, -0.25) is 10.2 Å².